The SMILES string of the molecule is CN(Cc1c(F)cccc1Cl)C(=O)C1(c2ccc(F)cc2)CCC1. The van der Waals surface area contributed by atoms with Crippen molar-refractivity contribution in [3.63, 3.8) is 0 Å². The standard InChI is InChI=1S/C19H18ClF2NO/c1-23(12-15-16(20)4-2-5-17(15)22)18(24)19(10-3-11-19)13-6-8-14(21)9-7-13/h2,4-9H,3,10-12H2,1H3. The van der Waals surface area contributed by atoms with E-state index in [2.05, 4.69) is 0 Å². The van der Waals surface area contributed by atoms with Gasteiger partial charge in [-0.1, -0.05) is 36.2 Å². The first kappa shape index (κ1) is 16.9. The van der Waals surface area contributed by atoms with Gasteiger partial charge in [0.05, 0.1) is 5.41 Å². The first-order valence-corrected chi connectivity index (χ1v) is 8.26. The lowest BCUT2D eigenvalue weighted by Gasteiger charge is -2.43. The van der Waals surface area contributed by atoms with E-state index in [1.165, 1.54) is 29.2 Å². The smallest absolute Gasteiger partial charge is 0.233 e. The van der Waals surface area contributed by atoms with Gasteiger partial charge in [0.1, 0.15) is 11.6 Å². The van der Waals surface area contributed by atoms with Crippen molar-refractivity contribution in [1.82, 2.24) is 4.90 Å². The Morgan fingerprint density at radius 2 is 1.83 bits per heavy atom. The predicted molar refractivity (Wildman–Crippen MR) is 89.8 cm³/mol. The van der Waals surface area contributed by atoms with Crippen LogP contribution >= 0.6 is 11.6 Å². The van der Waals surface area contributed by atoms with Crippen molar-refractivity contribution in [3.8, 4) is 0 Å². The number of benzene rings is 2. The summed E-state index contributed by atoms with van der Waals surface area (Å²) in [6.45, 7) is 0.104. The van der Waals surface area contributed by atoms with Gasteiger partial charge in [0.25, 0.3) is 0 Å². The van der Waals surface area contributed by atoms with Crippen LogP contribution < -0.4 is 0 Å². The molecule has 24 heavy (non-hydrogen) atoms. The third kappa shape index (κ3) is 2.91. The molecule has 0 unspecified atom stereocenters. The van der Waals surface area contributed by atoms with Gasteiger partial charge in [-0.3, -0.25) is 4.79 Å². The normalized spacial score (nSPS) is 15.7. The van der Waals surface area contributed by atoms with Crippen molar-refractivity contribution < 1.29 is 13.6 Å². The Morgan fingerprint density at radius 1 is 1.17 bits per heavy atom. The van der Waals surface area contributed by atoms with Crippen LogP contribution in [0.2, 0.25) is 5.02 Å². The zero-order valence-electron chi connectivity index (χ0n) is 13.4. The van der Waals surface area contributed by atoms with E-state index in [4.69, 9.17) is 11.6 Å². The molecule has 0 heterocycles. The summed E-state index contributed by atoms with van der Waals surface area (Å²) < 4.78 is 27.2. The van der Waals surface area contributed by atoms with Gasteiger partial charge in [0.2, 0.25) is 5.91 Å². The molecule has 0 bridgehead atoms. The fourth-order valence-electron chi connectivity index (χ4n) is 3.28. The van der Waals surface area contributed by atoms with Gasteiger partial charge in [-0.05, 0) is 42.7 Å². The molecule has 5 heteroatoms. The molecule has 1 saturated carbocycles. The van der Waals surface area contributed by atoms with Crippen LogP contribution in [-0.4, -0.2) is 17.9 Å². The number of amides is 1. The van der Waals surface area contributed by atoms with Gasteiger partial charge in [-0.2, -0.15) is 0 Å². The quantitative estimate of drug-likeness (QED) is 0.783. The lowest BCUT2D eigenvalue weighted by Crippen LogP contribution is -2.49. The number of nitrogens with zero attached hydrogens (tertiary/aromatic N) is 1. The molecule has 1 amide bonds. The zero-order chi connectivity index (χ0) is 17.3. The summed E-state index contributed by atoms with van der Waals surface area (Å²) in [5.41, 5.74) is 0.482. The summed E-state index contributed by atoms with van der Waals surface area (Å²) in [5.74, 6) is -0.835. The average Bonchev–Trinajstić information content (AvgIpc) is 2.51. The first-order valence-electron chi connectivity index (χ1n) is 7.88. The fraction of sp³-hybridized carbons (Fsp3) is 0.316. The number of hydrogen-bond acceptors (Lipinski definition) is 1. The van der Waals surface area contributed by atoms with Gasteiger partial charge in [-0.25, -0.2) is 8.78 Å². The summed E-state index contributed by atoms with van der Waals surface area (Å²) in [7, 11) is 1.65. The Bertz CT molecular complexity index is 736. The second kappa shape index (κ2) is 6.52. The maximum Gasteiger partial charge on any atom is 0.233 e. The molecule has 0 aromatic heterocycles. The number of hydrogen-bond donors (Lipinski definition) is 0. The largest absolute Gasteiger partial charge is 0.340 e. The first-order chi connectivity index (χ1) is 11.4. The summed E-state index contributed by atoms with van der Waals surface area (Å²) >= 11 is 6.06. The highest BCUT2D eigenvalue weighted by Gasteiger charge is 2.47. The molecule has 0 aliphatic heterocycles. The Morgan fingerprint density at radius 3 is 2.38 bits per heavy atom. The predicted octanol–water partition coefficient (Wildman–Crippen LogP) is 4.70. The van der Waals surface area contributed by atoms with Crippen LogP contribution in [0.15, 0.2) is 42.5 Å². The molecule has 0 spiro atoms. The highest BCUT2D eigenvalue weighted by atomic mass is 35.5. The van der Waals surface area contributed by atoms with Gasteiger partial charge < -0.3 is 4.90 Å². The summed E-state index contributed by atoms with van der Waals surface area (Å²) in [5, 5.41) is 0.305. The number of likely N-dealkylation sites (N-methyl/N-ethyl adjacent to an activating group) is 1. The van der Waals surface area contributed by atoms with Crippen LogP contribution in [-0.2, 0) is 16.8 Å². The molecule has 126 valence electrons. The number of carbonyl (C=O) groups is 1. The van der Waals surface area contributed by atoms with Crippen LogP contribution in [0.3, 0.4) is 0 Å². The topological polar surface area (TPSA) is 20.3 Å². The average molecular weight is 350 g/mol. The van der Waals surface area contributed by atoms with E-state index in [0.717, 1.165) is 12.0 Å². The van der Waals surface area contributed by atoms with Gasteiger partial charge >= 0.3 is 0 Å². The molecule has 2 aromatic rings. The molecule has 0 radical (unpaired) electrons. The Kier molecular flexibility index (Phi) is 4.59. The van der Waals surface area contributed by atoms with E-state index in [0.29, 0.717) is 23.4 Å². The fourth-order valence-corrected chi connectivity index (χ4v) is 3.51. The van der Waals surface area contributed by atoms with E-state index in [-0.39, 0.29) is 18.3 Å². The van der Waals surface area contributed by atoms with E-state index in [1.807, 2.05) is 0 Å². The van der Waals surface area contributed by atoms with Crippen LogP contribution in [0.1, 0.15) is 30.4 Å². The molecule has 2 nitrogen and oxygen atoms in total. The Balaban J connectivity index is 1.85. The molecule has 1 fully saturated rings. The number of halogens is 3. The van der Waals surface area contributed by atoms with Crippen LogP contribution in [0.4, 0.5) is 8.78 Å². The van der Waals surface area contributed by atoms with E-state index in [1.54, 1.807) is 25.2 Å². The monoisotopic (exact) mass is 349 g/mol. The molecular weight excluding hydrogens is 332 g/mol. The number of rotatable bonds is 4. The van der Waals surface area contributed by atoms with Crippen molar-refractivity contribution >= 4 is 17.5 Å². The molecule has 2 aromatic carbocycles. The minimum atomic E-state index is -0.639. The van der Waals surface area contributed by atoms with Crippen molar-refractivity contribution in [1.29, 1.82) is 0 Å². The maximum atomic E-state index is 14.0. The minimum Gasteiger partial charge on any atom is -0.340 e. The second-order valence-electron chi connectivity index (χ2n) is 6.30. The van der Waals surface area contributed by atoms with Crippen LogP contribution in [0, 0.1) is 11.6 Å². The molecule has 1 aliphatic rings. The Hall–Kier alpha value is -1.94. The zero-order valence-corrected chi connectivity index (χ0v) is 14.1. The summed E-state index contributed by atoms with van der Waals surface area (Å²) in [4.78, 5) is 14.5. The van der Waals surface area contributed by atoms with Crippen molar-refractivity contribution in [2.24, 2.45) is 0 Å². The van der Waals surface area contributed by atoms with E-state index in [9.17, 15) is 13.6 Å². The third-order valence-corrected chi connectivity index (χ3v) is 5.17. The van der Waals surface area contributed by atoms with Crippen molar-refractivity contribution in [2.45, 2.75) is 31.2 Å². The van der Waals surface area contributed by atoms with Gasteiger partial charge in [-0.15, -0.1) is 0 Å². The van der Waals surface area contributed by atoms with Crippen LogP contribution in [0.5, 0.6) is 0 Å². The second-order valence-corrected chi connectivity index (χ2v) is 6.71. The van der Waals surface area contributed by atoms with E-state index < -0.39 is 11.2 Å². The molecule has 0 saturated heterocycles. The highest BCUT2D eigenvalue weighted by Crippen LogP contribution is 2.45. The Labute approximate surface area is 145 Å². The molecule has 0 atom stereocenters. The van der Waals surface area contributed by atoms with Crippen LogP contribution in [0.25, 0.3) is 0 Å². The summed E-state index contributed by atoms with van der Waals surface area (Å²) in [6, 6.07) is 10.5. The number of carbonyl (C=O) groups excluding carboxylic acids is 1. The molecular formula is C19H18ClF2NO. The van der Waals surface area contributed by atoms with Crippen molar-refractivity contribution in [2.75, 3.05) is 7.05 Å². The minimum absolute atomic E-state index is 0.0836. The molecule has 1 aliphatic carbocycles. The van der Waals surface area contributed by atoms with Gasteiger partial charge in [0.15, 0.2) is 0 Å². The van der Waals surface area contributed by atoms with Crippen molar-refractivity contribution in [3.05, 3.63) is 70.2 Å². The lowest BCUT2D eigenvalue weighted by molar-refractivity contribution is -0.140. The third-order valence-electron chi connectivity index (χ3n) is 4.82. The highest BCUT2D eigenvalue weighted by molar-refractivity contribution is 6.31. The summed E-state index contributed by atoms with van der Waals surface area (Å²) in [6.07, 6.45) is 2.37. The lowest BCUT2D eigenvalue weighted by atomic mass is 9.63. The maximum absolute atomic E-state index is 14.0. The van der Waals surface area contributed by atoms with Gasteiger partial charge in [0, 0.05) is 24.2 Å². The molecule has 3 rings (SSSR count). The molecule has 0 N–H and O–H groups in total. The van der Waals surface area contributed by atoms with E-state index >= 15 is 0 Å².